The minimum absolute atomic E-state index is 0.152. The van der Waals surface area contributed by atoms with Crippen molar-refractivity contribution in [2.45, 2.75) is 37.6 Å². The number of anilines is 1. The summed E-state index contributed by atoms with van der Waals surface area (Å²) < 4.78 is 13.8. The molecular weight excluding hydrogens is 319 g/mol. The van der Waals surface area contributed by atoms with Gasteiger partial charge in [0, 0.05) is 31.2 Å². The molecule has 2 heterocycles. The molecule has 0 unspecified atom stereocenters. The summed E-state index contributed by atoms with van der Waals surface area (Å²) in [4.78, 5) is 23.1. The van der Waals surface area contributed by atoms with Crippen LogP contribution >= 0.6 is 0 Å². The number of nitrogens with one attached hydrogen (secondary N) is 1. The van der Waals surface area contributed by atoms with Crippen molar-refractivity contribution in [1.29, 1.82) is 0 Å². The zero-order valence-electron chi connectivity index (χ0n) is 14.0. The fourth-order valence-electron chi connectivity index (χ4n) is 3.23. The van der Waals surface area contributed by atoms with E-state index in [1.54, 1.807) is 29.3 Å². The SMILES string of the molecule is O=C(c1ccccc1F)N1CCC(Nc2ccnc(C3CC3)n2)CC1. The van der Waals surface area contributed by atoms with Gasteiger partial charge in [-0.3, -0.25) is 4.79 Å². The first-order chi connectivity index (χ1) is 12.2. The Morgan fingerprint density at radius 1 is 1.12 bits per heavy atom. The predicted molar refractivity (Wildman–Crippen MR) is 93.0 cm³/mol. The highest BCUT2D eigenvalue weighted by Crippen LogP contribution is 2.38. The van der Waals surface area contributed by atoms with Gasteiger partial charge in [-0.25, -0.2) is 14.4 Å². The Hall–Kier alpha value is -2.50. The van der Waals surface area contributed by atoms with Crippen LogP contribution in [0.4, 0.5) is 10.2 Å². The number of halogens is 1. The van der Waals surface area contributed by atoms with Crippen molar-refractivity contribution in [3.05, 3.63) is 53.7 Å². The fourth-order valence-corrected chi connectivity index (χ4v) is 3.23. The molecule has 1 N–H and O–H groups in total. The minimum atomic E-state index is -0.457. The fraction of sp³-hybridized carbons (Fsp3) is 0.421. The summed E-state index contributed by atoms with van der Waals surface area (Å²) >= 11 is 0. The number of rotatable bonds is 4. The van der Waals surface area contributed by atoms with E-state index < -0.39 is 5.82 Å². The van der Waals surface area contributed by atoms with Crippen LogP contribution in [-0.4, -0.2) is 39.9 Å². The molecule has 0 bridgehead atoms. The molecule has 25 heavy (non-hydrogen) atoms. The Morgan fingerprint density at radius 2 is 1.88 bits per heavy atom. The second kappa shape index (κ2) is 6.78. The van der Waals surface area contributed by atoms with Gasteiger partial charge in [-0.1, -0.05) is 12.1 Å². The van der Waals surface area contributed by atoms with Crippen LogP contribution in [0.1, 0.15) is 47.8 Å². The minimum Gasteiger partial charge on any atom is -0.367 e. The highest BCUT2D eigenvalue weighted by Gasteiger charge is 2.28. The molecule has 2 fully saturated rings. The molecule has 130 valence electrons. The van der Waals surface area contributed by atoms with E-state index in [2.05, 4.69) is 15.3 Å². The number of hydrogen-bond acceptors (Lipinski definition) is 4. The van der Waals surface area contributed by atoms with Crippen LogP contribution in [-0.2, 0) is 0 Å². The first-order valence-electron chi connectivity index (χ1n) is 8.84. The molecule has 2 aliphatic rings. The Bertz CT molecular complexity index is 770. The number of carbonyl (C=O) groups is 1. The molecule has 0 atom stereocenters. The lowest BCUT2D eigenvalue weighted by atomic mass is 10.0. The molecule has 5 nitrogen and oxygen atoms in total. The lowest BCUT2D eigenvalue weighted by Crippen LogP contribution is -2.42. The van der Waals surface area contributed by atoms with Gasteiger partial charge in [0.05, 0.1) is 5.56 Å². The topological polar surface area (TPSA) is 58.1 Å². The average molecular weight is 340 g/mol. The van der Waals surface area contributed by atoms with E-state index in [-0.39, 0.29) is 17.5 Å². The number of hydrogen-bond donors (Lipinski definition) is 1. The van der Waals surface area contributed by atoms with Crippen LogP contribution in [0.3, 0.4) is 0 Å². The van der Waals surface area contributed by atoms with E-state index >= 15 is 0 Å². The van der Waals surface area contributed by atoms with Gasteiger partial charge < -0.3 is 10.2 Å². The van der Waals surface area contributed by atoms with Gasteiger partial charge in [0.25, 0.3) is 5.91 Å². The van der Waals surface area contributed by atoms with E-state index in [9.17, 15) is 9.18 Å². The maximum atomic E-state index is 13.8. The maximum absolute atomic E-state index is 13.8. The molecule has 4 rings (SSSR count). The smallest absolute Gasteiger partial charge is 0.256 e. The van der Waals surface area contributed by atoms with E-state index in [1.807, 2.05) is 6.07 Å². The monoisotopic (exact) mass is 340 g/mol. The number of aromatic nitrogens is 2. The molecule has 1 aromatic heterocycles. The summed E-state index contributed by atoms with van der Waals surface area (Å²) in [5.41, 5.74) is 0.152. The van der Waals surface area contributed by atoms with Crippen molar-refractivity contribution in [2.75, 3.05) is 18.4 Å². The lowest BCUT2D eigenvalue weighted by Gasteiger charge is -2.32. The summed E-state index contributed by atoms with van der Waals surface area (Å²) in [6.07, 6.45) is 5.81. The van der Waals surface area contributed by atoms with Gasteiger partial charge in [0.15, 0.2) is 0 Å². The molecule has 6 heteroatoms. The van der Waals surface area contributed by atoms with Crippen molar-refractivity contribution in [3.8, 4) is 0 Å². The normalized spacial score (nSPS) is 18.2. The van der Waals surface area contributed by atoms with Crippen LogP contribution in [0, 0.1) is 5.82 Å². The third-order valence-electron chi connectivity index (χ3n) is 4.86. The number of piperidine rings is 1. The number of nitrogens with zero attached hydrogens (tertiary/aromatic N) is 3. The molecule has 0 radical (unpaired) electrons. The number of amides is 1. The van der Waals surface area contributed by atoms with Crippen LogP contribution in [0.5, 0.6) is 0 Å². The van der Waals surface area contributed by atoms with Gasteiger partial charge in [0.1, 0.15) is 17.5 Å². The second-order valence-corrected chi connectivity index (χ2v) is 6.77. The van der Waals surface area contributed by atoms with E-state index in [4.69, 9.17) is 0 Å². The number of carbonyl (C=O) groups excluding carboxylic acids is 1. The Balaban J connectivity index is 1.34. The third-order valence-corrected chi connectivity index (χ3v) is 4.86. The Labute approximate surface area is 146 Å². The molecule has 2 aromatic rings. The highest BCUT2D eigenvalue weighted by atomic mass is 19.1. The largest absolute Gasteiger partial charge is 0.367 e. The Kier molecular flexibility index (Phi) is 4.34. The maximum Gasteiger partial charge on any atom is 0.256 e. The summed E-state index contributed by atoms with van der Waals surface area (Å²) in [6, 6.07) is 8.32. The van der Waals surface area contributed by atoms with E-state index in [0.29, 0.717) is 19.0 Å². The molecule has 1 saturated carbocycles. The lowest BCUT2D eigenvalue weighted by molar-refractivity contribution is 0.0713. The van der Waals surface area contributed by atoms with Crippen molar-refractivity contribution in [2.24, 2.45) is 0 Å². The van der Waals surface area contributed by atoms with Gasteiger partial charge in [-0.15, -0.1) is 0 Å². The number of benzene rings is 1. The third kappa shape index (κ3) is 3.62. The van der Waals surface area contributed by atoms with E-state index in [0.717, 1.165) is 24.5 Å². The second-order valence-electron chi connectivity index (χ2n) is 6.77. The summed E-state index contributed by atoms with van der Waals surface area (Å²) in [7, 11) is 0. The summed E-state index contributed by atoms with van der Waals surface area (Å²) in [5.74, 6) is 1.63. The average Bonchev–Trinajstić information content (AvgIpc) is 3.48. The molecule has 0 spiro atoms. The number of likely N-dealkylation sites (tertiary alicyclic amines) is 1. The van der Waals surface area contributed by atoms with Crippen molar-refractivity contribution < 1.29 is 9.18 Å². The molecular formula is C19H21FN4O. The first kappa shape index (κ1) is 16.0. The van der Waals surface area contributed by atoms with Crippen LogP contribution in [0.25, 0.3) is 0 Å². The van der Waals surface area contributed by atoms with Crippen LogP contribution in [0.15, 0.2) is 36.5 Å². The standard InChI is InChI=1S/C19H21FN4O/c20-16-4-2-1-3-15(16)19(25)24-11-8-14(9-12-24)22-17-7-10-21-18(23-17)13-5-6-13/h1-4,7,10,13-14H,5-6,8-9,11-12H2,(H,21,22,23). The molecule has 1 amide bonds. The van der Waals surface area contributed by atoms with Crippen molar-refractivity contribution in [3.63, 3.8) is 0 Å². The van der Waals surface area contributed by atoms with Gasteiger partial charge in [-0.2, -0.15) is 0 Å². The molecule has 1 aliphatic carbocycles. The quantitative estimate of drug-likeness (QED) is 0.928. The highest BCUT2D eigenvalue weighted by molar-refractivity contribution is 5.94. The molecule has 1 saturated heterocycles. The van der Waals surface area contributed by atoms with Crippen molar-refractivity contribution >= 4 is 11.7 Å². The van der Waals surface area contributed by atoms with Crippen LogP contribution < -0.4 is 5.32 Å². The van der Waals surface area contributed by atoms with Crippen molar-refractivity contribution in [1.82, 2.24) is 14.9 Å². The predicted octanol–water partition coefficient (Wildman–Crippen LogP) is 3.21. The van der Waals surface area contributed by atoms with Gasteiger partial charge in [0.2, 0.25) is 0 Å². The molecule has 1 aromatic carbocycles. The molecule has 1 aliphatic heterocycles. The van der Waals surface area contributed by atoms with Gasteiger partial charge >= 0.3 is 0 Å². The van der Waals surface area contributed by atoms with Crippen LogP contribution in [0.2, 0.25) is 0 Å². The summed E-state index contributed by atoms with van der Waals surface area (Å²) in [6.45, 7) is 1.23. The van der Waals surface area contributed by atoms with E-state index in [1.165, 1.54) is 18.9 Å². The van der Waals surface area contributed by atoms with Gasteiger partial charge in [-0.05, 0) is 43.9 Å². The Morgan fingerprint density at radius 3 is 2.60 bits per heavy atom. The zero-order valence-corrected chi connectivity index (χ0v) is 14.0. The first-order valence-corrected chi connectivity index (χ1v) is 8.84. The summed E-state index contributed by atoms with van der Waals surface area (Å²) in [5, 5.41) is 3.45. The zero-order chi connectivity index (χ0) is 17.2.